The second kappa shape index (κ2) is 7.01. The summed E-state index contributed by atoms with van der Waals surface area (Å²) in [4.78, 5) is 17.1. The predicted octanol–water partition coefficient (Wildman–Crippen LogP) is 4.36. The molecule has 144 valence electrons. The van der Waals surface area contributed by atoms with E-state index in [-0.39, 0.29) is 5.91 Å². The molecule has 7 heteroatoms. The van der Waals surface area contributed by atoms with Gasteiger partial charge in [-0.3, -0.25) is 4.79 Å². The quantitative estimate of drug-likeness (QED) is 0.552. The molecule has 2 aromatic heterocycles. The van der Waals surface area contributed by atoms with Gasteiger partial charge < -0.3 is 9.84 Å². The third-order valence-electron chi connectivity index (χ3n) is 4.93. The number of benzene rings is 2. The molecule has 0 atom stereocenters. The van der Waals surface area contributed by atoms with Crippen LogP contribution in [0.3, 0.4) is 0 Å². The van der Waals surface area contributed by atoms with E-state index >= 15 is 0 Å². The molecule has 1 aliphatic carbocycles. The van der Waals surface area contributed by atoms with Gasteiger partial charge in [-0.25, -0.2) is 4.68 Å². The molecule has 2 aromatic carbocycles. The highest BCUT2D eigenvalue weighted by atomic mass is 16.5. The Morgan fingerprint density at radius 2 is 1.86 bits per heavy atom. The Hall–Kier alpha value is -3.74. The lowest BCUT2D eigenvalue weighted by Crippen LogP contribution is -2.12. The first kappa shape index (κ1) is 17.4. The summed E-state index contributed by atoms with van der Waals surface area (Å²) in [5.74, 6) is 1.57. The van der Waals surface area contributed by atoms with Gasteiger partial charge in [-0.15, -0.1) is 0 Å². The number of hydrogen-bond acceptors (Lipinski definition) is 5. The Labute approximate surface area is 167 Å². The molecule has 0 saturated heterocycles. The maximum atomic E-state index is 12.6. The van der Waals surface area contributed by atoms with Gasteiger partial charge >= 0.3 is 0 Å². The van der Waals surface area contributed by atoms with Crippen LogP contribution < -0.4 is 5.32 Å². The normalized spacial score (nSPS) is 13.4. The lowest BCUT2D eigenvalue weighted by atomic mass is 10.2. The van der Waals surface area contributed by atoms with Crippen molar-refractivity contribution < 1.29 is 9.32 Å². The van der Waals surface area contributed by atoms with Crippen LogP contribution in [0.5, 0.6) is 0 Å². The summed E-state index contributed by atoms with van der Waals surface area (Å²) in [6.07, 6.45) is 3.99. The Bertz CT molecular complexity index is 1160. The number of aromatic nitrogens is 4. The zero-order chi connectivity index (χ0) is 19.8. The number of rotatable bonds is 5. The van der Waals surface area contributed by atoms with E-state index < -0.39 is 0 Å². The number of hydrogen-bond donors (Lipinski definition) is 1. The molecule has 0 radical (unpaired) electrons. The minimum atomic E-state index is -0.184. The van der Waals surface area contributed by atoms with Gasteiger partial charge in [-0.05, 0) is 56.2 Å². The van der Waals surface area contributed by atoms with Gasteiger partial charge in [0.15, 0.2) is 0 Å². The molecule has 0 spiro atoms. The summed E-state index contributed by atoms with van der Waals surface area (Å²) in [7, 11) is 0. The minimum absolute atomic E-state index is 0.184. The average Bonchev–Trinajstić information content (AvgIpc) is 3.34. The fraction of sp³-hybridized carbons (Fsp3) is 0.182. The molecule has 1 amide bonds. The zero-order valence-electron chi connectivity index (χ0n) is 15.9. The molecule has 1 saturated carbocycles. The van der Waals surface area contributed by atoms with E-state index in [0.717, 1.165) is 35.7 Å². The molecule has 1 fully saturated rings. The molecular weight excluding hydrogens is 366 g/mol. The molecule has 0 aliphatic heterocycles. The number of aryl methyl sites for hydroxylation is 1. The number of anilines is 1. The first-order chi connectivity index (χ1) is 14.2. The van der Waals surface area contributed by atoms with Crippen LogP contribution in [0.25, 0.3) is 17.1 Å². The third kappa shape index (κ3) is 3.54. The second-order valence-corrected chi connectivity index (χ2v) is 7.17. The van der Waals surface area contributed by atoms with E-state index in [2.05, 4.69) is 20.6 Å². The average molecular weight is 385 g/mol. The van der Waals surface area contributed by atoms with Gasteiger partial charge in [0.2, 0.25) is 11.7 Å². The standard InChI is InChI=1S/C22H19N5O2/c1-14-19(21(28)23-17-5-3-2-4-6-17)13-27(25-14)18-11-9-15(10-12-18)20-24-22(29-26-20)16-7-8-16/h2-6,9-13,16H,7-8H2,1H3,(H,23,28). The SMILES string of the molecule is Cc1nn(-c2ccc(-c3noc(C4CC4)n3)cc2)cc1C(=O)Nc1ccccc1. The van der Waals surface area contributed by atoms with Crippen molar-refractivity contribution in [3.8, 4) is 17.1 Å². The van der Waals surface area contributed by atoms with Gasteiger partial charge in [0.25, 0.3) is 5.91 Å². The van der Waals surface area contributed by atoms with E-state index in [1.54, 1.807) is 10.9 Å². The summed E-state index contributed by atoms with van der Waals surface area (Å²) in [6.45, 7) is 1.82. The van der Waals surface area contributed by atoms with Crippen LogP contribution in [0.1, 0.15) is 40.7 Å². The van der Waals surface area contributed by atoms with Crippen molar-refractivity contribution in [3.05, 3.63) is 77.9 Å². The summed E-state index contributed by atoms with van der Waals surface area (Å²) in [5, 5.41) is 11.4. The highest BCUT2D eigenvalue weighted by Gasteiger charge is 2.29. The highest BCUT2D eigenvalue weighted by molar-refractivity contribution is 6.04. The monoisotopic (exact) mass is 385 g/mol. The lowest BCUT2D eigenvalue weighted by molar-refractivity contribution is 0.102. The van der Waals surface area contributed by atoms with Crippen LogP contribution >= 0.6 is 0 Å². The van der Waals surface area contributed by atoms with E-state index in [4.69, 9.17) is 4.52 Å². The number of nitrogens with one attached hydrogen (secondary N) is 1. The summed E-state index contributed by atoms with van der Waals surface area (Å²) < 4.78 is 7.03. The first-order valence-corrected chi connectivity index (χ1v) is 9.54. The lowest BCUT2D eigenvalue weighted by Gasteiger charge is -2.03. The van der Waals surface area contributed by atoms with Crippen molar-refractivity contribution in [2.75, 3.05) is 5.32 Å². The molecule has 0 bridgehead atoms. The van der Waals surface area contributed by atoms with Crippen molar-refractivity contribution in [3.63, 3.8) is 0 Å². The van der Waals surface area contributed by atoms with Crippen LogP contribution in [0.4, 0.5) is 5.69 Å². The molecule has 1 N–H and O–H groups in total. The Balaban J connectivity index is 1.35. The van der Waals surface area contributed by atoms with Crippen LogP contribution in [-0.4, -0.2) is 25.8 Å². The molecule has 29 heavy (non-hydrogen) atoms. The van der Waals surface area contributed by atoms with Crippen molar-refractivity contribution in [1.82, 2.24) is 19.9 Å². The van der Waals surface area contributed by atoms with Gasteiger partial charge in [0, 0.05) is 23.4 Å². The number of nitrogens with zero attached hydrogens (tertiary/aromatic N) is 4. The molecule has 5 rings (SSSR count). The minimum Gasteiger partial charge on any atom is -0.339 e. The third-order valence-corrected chi connectivity index (χ3v) is 4.93. The Kier molecular flexibility index (Phi) is 4.20. The Morgan fingerprint density at radius 1 is 1.10 bits per heavy atom. The fourth-order valence-electron chi connectivity index (χ4n) is 3.15. The van der Waals surface area contributed by atoms with Crippen LogP contribution in [-0.2, 0) is 0 Å². The molecule has 7 nitrogen and oxygen atoms in total. The predicted molar refractivity (Wildman–Crippen MR) is 108 cm³/mol. The molecule has 1 aliphatic rings. The van der Waals surface area contributed by atoms with Gasteiger partial charge in [-0.2, -0.15) is 10.1 Å². The van der Waals surface area contributed by atoms with E-state index in [1.807, 2.05) is 61.5 Å². The Morgan fingerprint density at radius 3 is 2.59 bits per heavy atom. The maximum absolute atomic E-state index is 12.6. The van der Waals surface area contributed by atoms with Crippen LogP contribution in [0, 0.1) is 6.92 Å². The van der Waals surface area contributed by atoms with Gasteiger partial charge in [0.1, 0.15) is 0 Å². The zero-order valence-corrected chi connectivity index (χ0v) is 15.9. The summed E-state index contributed by atoms with van der Waals surface area (Å²) >= 11 is 0. The van der Waals surface area contributed by atoms with E-state index in [1.165, 1.54) is 0 Å². The topological polar surface area (TPSA) is 85.8 Å². The fourth-order valence-corrected chi connectivity index (χ4v) is 3.15. The maximum Gasteiger partial charge on any atom is 0.259 e. The first-order valence-electron chi connectivity index (χ1n) is 9.54. The van der Waals surface area contributed by atoms with E-state index in [0.29, 0.717) is 23.0 Å². The highest BCUT2D eigenvalue weighted by Crippen LogP contribution is 2.39. The molecule has 2 heterocycles. The summed E-state index contributed by atoms with van der Waals surface area (Å²) in [6, 6.07) is 17.1. The number of amides is 1. The van der Waals surface area contributed by atoms with Gasteiger partial charge in [0.05, 0.1) is 16.9 Å². The van der Waals surface area contributed by atoms with E-state index in [9.17, 15) is 4.79 Å². The van der Waals surface area contributed by atoms with Crippen molar-refractivity contribution in [2.45, 2.75) is 25.7 Å². The summed E-state index contributed by atoms with van der Waals surface area (Å²) in [5.41, 5.74) is 3.68. The molecule has 4 aromatic rings. The number of carbonyl (C=O) groups excluding carboxylic acids is 1. The smallest absolute Gasteiger partial charge is 0.259 e. The van der Waals surface area contributed by atoms with Crippen molar-refractivity contribution in [2.24, 2.45) is 0 Å². The van der Waals surface area contributed by atoms with Crippen molar-refractivity contribution >= 4 is 11.6 Å². The molecule has 0 unspecified atom stereocenters. The largest absolute Gasteiger partial charge is 0.339 e. The van der Waals surface area contributed by atoms with Gasteiger partial charge in [-0.1, -0.05) is 23.4 Å². The second-order valence-electron chi connectivity index (χ2n) is 7.17. The number of para-hydroxylation sites is 1. The van der Waals surface area contributed by atoms with Crippen molar-refractivity contribution in [1.29, 1.82) is 0 Å². The van der Waals surface area contributed by atoms with Crippen LogP contribution in [0.2, 0.25) is 0 Å². The molecular formula is C22H19N5O2. The van der Waals surface area contributed by atoms with Crippen LogP contribution in [0.15, 0.2) is 65.3 Å². The number of carbonyl (C=O) groups is 1.